The number of furan rings is 1. The topological polar surface area (TPSA) is 85.8 Å². The minimum absolute atomic E-state index is 0.0931. The average Bonchev–Trinajstić information content (AvgIpc) is 3.44. The second-order valence-corrected chi connectivity index (χ2v) is 8.09. The summed E-state index contributed by atoms with van der Waals surface area (Å²) >= 11 is 6.96. The van der Waals surface area contributed by atoms with Crippen molar-refractivity contribution in [1.29, 1.82) is 0 Å². The number of nitrogens with zero attached hydrogens (tertiary/aromatic N) is 4. The lowest BCUT2D eigenvalue weighted by Gasteiger charge is -2.11. The van der Waals surface area contributed by atoms with Gasteiger partial charge in [-0.05, 0) is 23.8 Å². The zero-order valence-electron chi connectivity index (χ0n) is 16.7. The van der Waals surface area contributed by atoms with Crippen molar-refractivity contribution in [2.75, 3.05) is 11.1 Å². The van der Waals surface area contributed by atoms with Crippen LogP contribution < -0.4 is 5.32 Å². The normalized spacial score (nSPS) is 11.5. The Kier molecular flexibility index (Phi) is 6.70. The van der Waals surface area contributed by atoms with E-state index in [4.69, 9.17) is 16.0 Å². The summed E-state index contributed by atoms with van der Waals surface area (Å²) in [5.74, 6) is 0.263. The minimum Gasteiger partial charge on any atom is -0.461 e. The molecule has 3 heterocycles. The highest BCUT2D eigenvalue weighted by Gasteiger charge is 2.31. The number of carbonyl (C=O) groups is 1. The van der Waals surface area contributed by atoms with Gasteiger partial charge in [0.1, 0.15) is 0 Å². The molecule has 1 aromatic carbocycles. The Balaban J connectivity index is 1.48. The third-order valence-electron chi connectivity index (χ3n) is 4.40. The zero-order chi connectivity index (χ0) is 23.4. The molecule has 0 saturated heterocycles. The summed E-state index contributed by atoms with van der Waals surface area (Å²) < 4.78 is 45.5. The van der Waals surface area contributed by atoms with Crippen LogP contribution in [0.1, 0.15) is 11.1 Å². The van der Waals surface area contributed by atoms with E-state index < -0.39 is 17.6 Å². The van der Waals surface area contributed by atoms with Gasteiger partial charge >= 0.3 is 6.18 Å². The first kappa shape index (κ1) is 22.9. The van der Waals surface area contributed by atoms with E-state index in [0.29, 0.717) is 35.5 Å². The molecule has 0 saturated carbocycles. The number of benzene rings is 1. The van der Waals surface area contributed by atoms with Crippen molar-refractivity contribution in [1.82, 2.24) is 19.7 Å². The van der Waals surface area contributed by atoms with Crippen LogP contribution in [0.3, 0.4) is 0 Å². The molecule has 1 amide bonds. The fourth-order valence-corrected chi connectivity index (χ4v) is 3.83. The van der Waals surface area contributed by atoms with Crippen LogP contribution in [-0.2, 0) is 17.5 Å². The highest BCUT2D eigenvalue weighted by molar-refractivity contribution is 7.99. The summed E-state index contributed by atoms with van der Waals surface area (Å²) in [4.78, 5) is 16.0. The van der Waals surface area contributed by atoms with E-state index in [1.165, 1.54) is 6.26 Å². The molecule has 1 N–H and O–H groups in total. The first-order valence-corrected chi connectivity index (χ1v) is 10.8. The molecule has 0 radical (unpaired) electrons. The van der Waals surface area contributed by atoms with Crippen LogP contribution in [0.5, 0.6) is 0 Å². The molecule has 7 nitrogen and oxygen atoms in total. The molecule has 4 aromatic rings. The quantitative estimate of drug-likeness (QED) is 0.348. The molecule has 0 aliphatic carbocycles. The Labute approximate surface area is 195 Å². The van der Waals surface area contributed by atoms with Crippen molar-refractivity contribution in [2.45, 2.75) is 17.9 Å². The number of thioether (sulfide) groups is 1. The molecule has 0 fully saturated rings. The maximum atomic E-state index is 12.8. The summed E-state index contributed by atoms with van der Waals surface area (Å²) in [6.07, 6.45) is -2.44. The van der Waals surface area contributed by atoms with Gasteiger partial charge in [0.05, 0.1) is 29.1 Å². The van der Waals surface area contributed by atoms with Crippen LogP contribution >= 0.6 is 23.4 Å². The Morgan fingerprint density at radius 1 is 1.15 bits per heavy atom. The first-order valence-electron chi connectivity index (χ1n) is 9.47. The summed E-state index contributed by atoms with van der Waals surface area (Å²) in [5.41, 5.74) is -0.00325. The number of pyridine rings is 1. The number of anilines is 1. The number of nitrogens with one attached hydrogen (secondary N) is 1. The highest BCUT2D eigenvalue weighted by Crippen LogP contribution is 2.32. The smallest absolute Gasteiger partial charge is 0.417 e. The predicted octanol–water partition coefficient (Wildman–Crippen LogP) is 5.38. The number of amides is 1. The van der Waals surface area contributed by atoms with Crippen LogP contribution in [0.25, 0.3) is 11.6 Å². The molecule has 3 aromatic heterocycles. The fourth-order valence-electron chi connectivity index (χ4n) is 2.88. The molecular weight excluding hydrogens is 479 g/mol. The Bertz CT molecular complexity index is 1250. The molecule has 12 heteroatoms. The van der Waals surface area contributed by atoms with Gasteiger partial charge in [0.25, 0.3) is 0 Å². The van der Waals surface area contributed by atoms with Gasteiger partial charge in [-0.25, -0.2) is 4.98 Å². The van der Waals surface area contributed by atoms with E-state index >= 15 is 0 Å². The van der Waals surface area contributed by atoms with E-state index in [2.05, 4.69) is 20.5 Å². The van der Waals surface area contributed by atoms with E-state index in [9.17, 15) is 18.0 Å². The van der Waals surface area contributed by atoms with Crippen LogP contribution in [0, 0.1) is 0 Å². The molecule has 0 bridgehead atoms. The van der Waals surface area contributed by atoms with Gasteiger partial charge in [0.2, 0.25) is 11.7 Å². The number of rotatable bonds is 7. The number of carbonyl (C=O) groups excluding carboxylic acids is 1. The second-order valence-electron chi connectivity index (χ2n) is 6.74. The van der Waals surface area contributed by atoms with Gasteiger partial charge in [-0.2, -0.15) is 13.2 Å². The van der Waals surface area contributed by atoms with E-state index in [1.807, 2.05) is 34.9 Å². The molecule has 0 atom stereocenters. The number of aromatic nitrogens is 4. The number of halogens is 4. The fraction of sp³-hybridized carbons (Fsp3) is 0.143. The maximum Gasteiger partial charge on any atom is 0.417 e. The Morgan fingerprint density at radius 2 is 1.94 bits per heavy atom. The molecular formula is C21H15ClF3N5O2S. The first-order chi connectivity index (χ1) is 15.8. The third kappa shape index (κ3) is 5.55. The molecule has 170 valence electrons. The van der Waals surface area contributed by atoms with E-state index in [0.717, 1.165) is 17.3 Å². The van der Waals surface area contributed by atoms with Crippen molar-refractivity contribution in [3.8, 4) is 11.6 Å². The lowest BCUT2D eigenvalue weighted by Crippen LogP contribution is -2.17. The van der Waals surface area contributed by atoms with Gasteiger partial charge in [-0.15, -0.1) is 10.2 Å². The SMILES string of the molecule is O=C(CSc1nnc(-c2ccco2)n1Cc1ccccc1)Nc1ncc(C(F)(F)F)cc1Cl. The van der Waals surface area contributed by atoms with E-state index in [-0.39, 0.29) is 16.6 Å². The number of hydrogen-bond acceptors (Lipinski definition) is 6. The predicted molar refractivity (Wildman–Crippen MR) is 117 cm³/mol. The average molecular weight is 494 g/mol. The van der Waals surface area contributed by atoms with Crippen molar-refractivity contribution < 1.29 is 22.4 Å². The van der Waals surface area contributed by atoms with Gasteiger partial charge in [0, 0.05) is 6.20 Å². The van der Waals surface area contributed by atoms with Gasteiger partial charge in [0.15, 0.2) is 16.7 Å². The molecule has 0 aliphatic rings. The van der Waals surface area contributed by atoms with Gasteiger partial charge in [-0.1, -0.05) is 53.7 Å². The summed E-state index contributed by atoms with van der Waals surface area (Å²) in [6.45, 7) is 0.445. The van der Waals surface area contributed by atoms with Crippen molar-refractivity contribution in [2.24, 2.45) is 0 Å². The molecule has 4 rings (SSSR count). The monoisotopic (exact) mass is 493 g/mol. The lowest BCUT2D eigenvalue weighted by molar-refractivity contribution is -0.137. The van der Waals surface area contributed by atoms with Crippen LogP contribution in [0.2, 0.25) is 5.02 Å². The lowest BCUT2D eigenvalue weighted by atomic mass is 10.2. The Hall–Kier alpha value is -3.31. The van der Waals surface area contributed by atoms with Crippen LogP contribution in [-0.4, -0.2) is 31.4 Å². The largest absolute Gasteiger partial charge is 0.461 e. The van der Waals surface area contributed by atoms with Gasteiger partial charge in [-0.3, -0.25) is 9.36 Å². The number of alkyl halides is 3. The summed E-state index contributed by atoms with van der Waals surface area (Å²) in [6, 6.07) is 13.8. The molecule has 0 aliphatic heterocycles. The molecule has 0 unspecified atom stereocenters. The van der Waals surface area contributed by atoms with Crippen molar-refractivity contribution in [3.63, 3.8) is 0 Å². The highest BCUT2D eigenvalue weighted by atomic mass is 35.5. The van der Waals surface area contributed by atoms with Crippen molar-refractivity contribution >= 4 is 35.1 Å². The minimum atomic E-state index is -4.58. The van der Waals surface area contributed by atoms with E-state index in [1.54, 1.807) is 12.1 Å². The third-order valence-corrected chi connectivity index (χ3v) is 5.66. The standard InChI is InChI=1S/C21H15ClF3N5O2S/c22-15-9-14(21(23,24)25)10-26-18(15)27-17(31)12-33-20-29-28-19(16-7-4-8-32-16)30(20)11-13-5-2-1-3-6-13/h1-10H,11-12H2,(H,26,27,31). The van der Waals surface area contributed by atoms with Crippen molar-refractivity contribution in [3.05, 3.63) is 77.1 Å². The molecule has 33 heavy (non-hydrogen) atoms. The van der Waals surface area contributed by atoms with Crippen LogP contribution in [0.4, 0.5) is 19.0 Å². The van der Waals surface area contributed by atoms with Crippen LogP contribution in [0.15, 0.2) is 70.6 Å². The van der Waals surface area contributed by atoms with Gasteiger partial charge < -0.3 is 9.73 Å². The number of hydrogen-bond donors (Lipinski definition) is 1. The summed E-state index contributed by atoms with van der Waals surface area (Å²) in [7, 11) is 0. The maximum absolute atomic E-state index is 12.8. The Morgan fingerprint density at radius 3 is 2.61 bits per heavy atom. The second kappa shape index (κ2) is 9.67. The summed E-state index contributed by atoms with van der Waals surface area (Å²) in [5, 5.41) is 10.9. The molecule has 0 spiro atoms. The zero-order valence-corrected chi connectivity index (χ0v) is 18.3.